The van der Waals surface area contributed by atoms with E-state index in [9.17, 15) is 0 Å². The first-order valence-corrected chi connectivity index (χ1v) is 8.35. The minimum absolute atomic E-state index is 0.651. The summed E-state index contributed by atoms with van der Waals surface area (Å²) >= 11 is 1.65. The van der Waals surface area contributed by atoms with Gasteiger partial charge in [0.05, 0.1) is 12.3 Å². The molecule has 0 atom stereocenters. The van der Waals surface area contributed by atoms with Gasteiger partial charge in [-0.1, -0.05) is 18.2 Å². The molecule has 0 saturated carbocycles. The van der Waals surface area contributed by atoms with E-state index in [0.29, 0.717) is 6.61 Å². The van der Waals surface area contributed by atoms with Gasteiger partial charge in [-0.15, -0.1) is 11.3 Å². The summed E-state index contributed by atoms with van der Waals surface area (Å²) in [4.78, 5) is 11.1. The predicted molar refractivity (Wildman–Crippen MR) is 95.4 cm³/mol. The van der Waals surface area contributed by atoms with Crippen molar-refractivity contribution in [1.29, 1.82) is 0 Å². The van der Waals surface area contributed by atoms with Crippen LogP contribution in [0, 0.1) is 6.92 Å². The summed E-state index contributed by atoms with van der Waals surface area (Å²) in [6.07, 6.45) is 3.58. The topological polar surface area (TPSA) is 38.2 Å². The predicted octanol–water partition coefficient (Wildman–Crippen LogP) is 4.30. The van der Waals surface area contributed by atoms with Gasteiger partial charge in [0.2, 0.25) is 0 Å². The number of para-hydroxylation sites is 1. The maximum atomic E-state index is 5.27. The van der Waals surface area contributed by atoms with Crippen molar-refractivity contribution in [1.82, 2.24) is 9.97 Å². The Hall–Kier alpha value is -2.24. The van der Waals surface area contributed by atoms with E-state index in [1.165, 1.54) is 11.3 Å². The minimum Gasteiger partial charge on any atom is -0.383 e. The highest BCUT2D eigenvalue weighted by atomic mass is 32.1. The van der Waals surface area contributed by atoms with Crippen molar-refractivity contribution in [3.8, 4) is 11.3 Å². The van der Waals surface area contributed by atoms with Crippen LogP contribution in [0.15, 0.2) is 54.2 Å². The Bertz CT molecular complexity index is 758. The smallest absolute Gasteiger partial charge is 0.190 e. The van der Waals surface area contributed by atoms with Gasteiger partial charge >= 0.3 is 0 Å². The number of benzene rings is 1. The molecule has 2 heterocycles. The molecule has 0 radical (unpaired) electrons. The summed E-state index contributed by atoms with van der Waals surface area (Å²) in [6.45, 7) is 3.54. The Balaban J connectivity index is 1.95. The highest BCUT2D eigenvalue weighted by molar-refractivity contribution is 7.14. The zero-order valence-electron chi connectivity index (χ0n) is 13.3. The number of aryl methyl sites for hydroxylation is 1. The summed E-state index contributed by atoms with van der Waals surface area (Å²) in [7, 11) is 1.72. The lowest BCUT2D eigenvalue weighted by Gasteiger charge is -2.23. The first kappa shape index (κ1) is 15.6. The molecule has 2 aromatic heterocycles. The monoisotopic (exact) mass is 325 g/mol. The van der Waals surface area contributed by atoms with E-state index in [-0.39, 0.29) is 0 Å². The van der Waals surface area contributed by atoms with Gasteiger partial charge in [0.15, 0.2) is 5.13 Å². The highest BCUT2D eigenvalue weighted by Gasteiger charge is 2.15. The average molecular weight is 325 g/mol. The Morgan fingerprint density at radius 1 is 1.13 bits per heavy atom. The van der Waals surface area contributed by atoms with Crippen molar-refractivity contribution in [2.75, 3.05) is 25.2 Å². The molecule has 0 aliphatic heterocycles. The number of rotatable bonds is 6. The van der Waals surface area contributed by atoms with E-state index in [0.717, 1.165) is 22.9 Å². The van der Waals surface area contributed by atoms with Gasteiger partial charge in [-0.25, -0.2) is 4.98 Å². The van der Waals surface area contributed by atoms with Crippen LogP contribution in [0.2, 0.25) is 0 Å². The molecule has 0 amide bonds. The molecular weight excluding hydrogens is 306 g/mol. The Morgan fingerprint density at radius 2 is 1.91 bits per heavy atom. The van der Waals surface area contributed by atoms with Crippen LogP contribution in [0.1, 0.15) is 5.56 Å². The number of hydrogen-bond acceptors (Lipinski definition) is 5. The molecule has 5 heteroatoms. The molecule has 118 valence electrons. The van der Waals surface area contributed by atoms with Crippen LogP contribution in [-0.4, -0.2) is 30.2 Å². The molecule has 3 aromatic rings. The maximum Gasteiger partial charge on any atom is 0.190 e. The summed E-state index contributed by atoms with van der Waals surface area (Å²) < 4.78 is 5.27. The molecule has 0 aliphatic carbocycles. The van der Waals surface area contributed by atoms with Crippen molar-refractivity contribution >= 4 is 22.2 Å². The molecule has 23 heavy (non-hydrogen) atoms. The molecule has 1 aromatic carbocycles. The summed E-state index contributed by atoms with van der Waals surface area (Å²) in [5.41, 5.74) is 4.45. The van der Waals surface area contributed by atoms with Crippen molar-refractivity contribution < 1.29 is 4.74 Å². The minimum atomic E-state index is 0.651. The zero-order chi connectivity index (χ0) is 16.1. The van der Waals surface area contributed by atoms with Crippen LogP contribution < -0.4 is 4.90 Å². The highest BCUT2D eigenvalue weighted by Crippen LogP contribution is 2.33. The van der Waals surface area contributed by atoms with Gasteiger partial charge in [0, 0.05) is 42.7 Å². The first-order chi connectivity index (χ1) is 11.3. The number of pyridine rings is 1. The van der Waals surface area contributed by atoms with E-state index in [2.05, 4.69) is 46.5 Å². The van der Waals surface area contributed by atoms with Crippen LogP contribution in [0.5, 0.6) is 0 Å². The molecule has 0 N–H and O–H groups in total. The largest absolute Gasteiger partial charge is 0.383 e. The van der Waals surface area contributed by atoms with Crippen LogP contribution >= 0.6 is 11.3 Å². The molecule has 0 spiro atoms. The molecule has 0 saturated heterocycles. The molecule has 4 nitrogen and oxygen atoms in total. The van der Waals surface area contributed by atoms with E-state index in [4.69, 9.17) is 9.72 Å². The zero-order valence-corrected chi connectivity index (χ0v) is 14.1. The van der Waals surface area contributed by atoms with E-state index >= 15 is 0 Å². The van der Waals surface area contributed by atoms with E-state index < -0.39 is 0 Å². The number of thiazole rings is 1. The van der Waals surface area contributed by atoms with Crippen molar-refractivity contribution in [3.63, 3.8) is 0 Å². The Kier molecular flexibility index (Phi) is 5.00. The second kappa shape index (κ2) is 7.35. The first-order valence-electron chi connectivity index (χ1n) is 7.47. The molecule has 3 rings (SSSR count). The van der Waals surface area contributed by atoms with Gasteiger partial charge in [0.1, 0.15) is 0 Å². The SMILES string of the molecule is COCCN(c1nc(-c2ccncc2)cs1)c1ccccc1C. The Morgan fingerprint density at radius 3 is 2.65 bits per heavy atom. The van der Waals surface area contributed by atoms with Gasteiger partial charge in [-0.3, -0.25) is 4.98 Å². The fraction of sp³-hybridized carbons (Fsp3) is 0.222. The number of methoxy groups -OCH3 is 1. The molecule has 0 aliphatic rings. The number of ether oxygens (including phenoxy) is 1. The number of hydrogen-bond donors (Lipinski definition) is 0. The third-order valence-corrected chi connectivity index (χ3v) is 4.49. The van der Waals surface area contributed by atoms with Crippen molar-refractivity contribution in [2.45, 2.75) is 6.92 Å². The Labute approximate surface area is 140 Å². The number of aromatic nitrogens is 2. The summed E-state index contributed by atoms with van der Waals surface area (Å²) in [5, 5.41) is 3.06. The number of nitrogens with zero attached hydrogens (tertiary/aromatic N) is 3. The van der Waals surface area contributed by atoms with Crippen molar-refractivity contribution in [3.05, 3.63) is 59.7 Å². The summed E-state index contributed by atoms with van der Waals surface area (Å²) in [5.74, 6) is 0. The standard InChI is InChI=1S/C18H19N3OS/c1-14-5-3-4-6-17(14)21(11-12-22-2)18-20-16(13-23-18)15-7-9-19-10-8-15/h3-10,13H,11-12H2,1-2H3. The molecule has 0 bridgehead atoms. The van der Waals surface area contributed by atoms with Gasteiger partial charge in [-0.2, -0.15) is 0 Å². The molecule has 0 fully saturated rings. The second-order valence-corrected chi connectivity index (χ2v) is 6.02. The lowest BCUT2D eigenvalue weighted by molar-refractivity contribution is 0.207. The normalized spacial score (nSPS) is 10.7. The average Bonchev–Trinajstić information content (AvgIpc) is 3.07. The van der Waals surface area contributed by atoms with Crippen LogP contribution in [-0.2, 0) is 4.74 Å². The molecule has 0 unspecified atom stereocenters. The van der Waals surface area contributed by atoms with Gasteiger partial charge in [0.25, 0.3) is 0 Å². The fourth-order valence-corrected chi connectivity index (χ4v) is 3.29. The quantitative estimate of drug-likeness (QED) is 0.677. The maximum absolute atomic E-state index is 5.27. The molecular formula is C18H19N3OS. The lowest BCUT2D eigenvalue weighted by Crippen LogP contribution is -2.22. The van der Waals surface area contributed by atoms with Crippen molar-refractivity contribution in [2.24, 2.45) is 0 Å². The summed E-state index contributed by atoms with van der Waals surface area (Å²) in [6, 6.07) is 12.3. The van der Waals surface area contributed by atoms with Crippen LogP contribution in [0.3, 0.4) is 0 Å². The third kappa shape index (κ3) is 3.57. The fourth-order valence-electron chi connectivity index (χ4n) is 2.41. The lowest BCUT2D eigenvalue weighted by atomic mass is 10.2. The third-order valence-electron chi connectivity index (χ3n) is 3.62. The van der Waals surface area contributed by atoms with Gasteiger partial charge < -0.3 is 9.64 Å². The van der Waals surface area contributed by atoms with E-state index in [1.54, 1.807) is 30.8 Å². The number of anilines is 2. The van der Waals surface area contributed by atoms with Crippen LogP contribution in [0.4, 0.5) is 10.8 Å². The van der Waals surface area contributed by atoms with E-state index in [1.807, 2.05) is 12.1 Å². The second-order valence-electron chi connectivity index (χ2n) is 5.18. The van der Waals surface area contributed by atoms with Gasteiger partial charge in [-0.05, 0) is 30.7 Å². The van der Waals surface area contributed by atoms with Crippen LogP contribution in [0.25, 0.3) is 11.3 Å².